The Morgan fingerprint density at radius 3 is 2.36 bits per heavy atom. The number of hydrogen-bond donors (Lipinski definition) is 1. The summed E-state index contributed by atoms with van der Waals surface area (Å²) in [4.78, 5) is 0. The molecular formula is C9H19NO. The Kier molecular flexibility index (Phi) is 3.59. The first kappa shape index (κ1) is 10.5. The molecule has 0 aromatic heterocycles. The average molecular weight is 157 g/mol. The second-order valence-electron chi connectivity index (χ2n) is 3.48. The van der Waals surface area contributed by atoms with Gasteiger partial charge >= 0.3 is 0 Å². The van der Waals surface area contributed by atoms with Crippen LogP contribution in [0.1, 0.15) is 34.1 Å². The summed E-state index contributed by atoms with van der Waals surface area (Å²) < 4.78 is 5.29. The molecule has 0 saturated carbocycles. The van der Waals surface area contributed by atoms with Gasteiger partial charge in [-0.2, -0.15) is 0 Å². The van der Waals surface area contributed by atoms with E-state index in [1.54, 1.807) is 6.92 Å². The van der Waals surface area contributed by atoms with E-state index in [2.05, 4.69) is 27.4 Å². The van der Waals surface area contributed by atoms with Crippen molar-refractivity contribution in [1.29, 1.82) is 0 Å². The van der Waals surface area contributed by atoms with Crippen LogP contribution in [-0.4, -0.2) is 6.23 Å². The predicted molar refractivity (Wildman–Crippen MR) is 47.9 cm³/mol. The molecule has 0 bridgehead atoms. The molecule has 2 N–H and O–H groups in total. The molecule has 66 valence electrons. The van der Waals surface area contributed by atoms with Crippen LogP contribution in [0.15, 0.2) is 12.3 Å². The normalized spacial score (nSPS) is 14.3. The fraction of sp³-hybridized carbons (Fsp3) is 0.778. The van der Waals surface area contributed by atoms with Gasteiger partial charge in [0.1, 0.15) is 6.23 Å². The SMILES string of the molecule is C=C(OC(C)N)C(C)(C)CC. The summed E-state index contributed by atoms with van der Waals surface area (Å²) in [6, 6.07) is 0. The highest BCUT2D eigenvalue weighted by Crippen LogP contribution is 2.29. The molecule has 0 aromatic carbocycles. The van der Waals surface area contributed by atoms with Crippen molar-refractivity contribution in [3.63, 3.8) is 0 Å². The zero-order valence-electron chi connectivity index (χ0n) is 7.98. The van der Waals surface area contributed by atoms with Gasteiger partial charge in [-0.25, -0.2) is 0 Å². The zero-order valence-corrected chi connectivity index (χ0v) is 7.98. The van der Waals surface area contributed by atoms with Gasteiger partial charge in [0.25, 0.3) is 0 Å². The molecule has 0 aliphatic rings. The van der Waals surface area contributed by atoms with Crippen molar-refractivity contribution < 1.29 is 4.74 Å². The van der Waals surface area contributed by atoms with Crippen LogP contribution in [0, 0.1) is 5.41 Å². The first-order valence-electron chi connectivity index (χ1n) is 4.01. The lowest BCUT2D eigenvalue weighted by molar-refractivity contribution is 0.0870. The van der Waals surface area contributed by atoms with Crippen LogP contribution in [0.3, 0.4) is 0 Å². The third-order valence-corrected chi connectivity index (χ3v) is 1.97. The van der Waals surface area contributed by atoms with Crippen LogP contribution in [0.4, 0.5) is 0 Å². The maximum absolute atomic E-state index is 5.46. The zero-order chi connectivity index (χ0) is 9.07. The van der Waals surface area contributed by atoms with Gasteiger partial charge < -0.3 is 4.74 Å². The maximum atomic E-state index is 5.46. The van der Waals surface area contributed by atoms with Gasteiger partial charge in [0, 0.05) is 5.41 Å². The Hall–Kier alpha value is -0.500. The molecule has 1 atom stereocenters. The van der Waals surface area contributed by atoms with Crippen molar-refractivity contribution in [3.8, 4) is 0 Å². The monoisotopic (exact) mass is 157 g/mol. The molecule has 0 saturated heterocycles. The minimum atomic E-state index is -0.256. The van der Waals surface area contributed by atoms with Crippen molar-refractivity contribution in [2.24, 2.45) is 11.1 Å². The first-order chi connectivity index (χ1) is 4.90. The molecule has 2 heteroatoms. The summed E-state index contributed by atoms with van der Waals surface area (Å²) in [6.45, 7) is 11.9. The summed E-state index contributed by atoms with van der Waals surface area (Å²) in [5.74, 6) is 0.773. The molecule has 0 amide bonds. The minimum absolute atomic E-state index is 0.0353. The number of rotatable bonds is 4. The van der Waals surface area contributed by atoms with E-state index >= 15 is 0 Å². The Balaban J connectivity index is 4.02. The first-order valence-corrected chi connectivity index (χ1v) is 4.01. The van der Waals surface area contributed by atoms with Crippen LogP contribution < -0.4 is 5.73 Å². The number of allylic oxidation sites excluding steroid dienone is 1. The Labute approximate surface area is 69.4 Å². The smallest absolute Gasteiger partial charge is 0.144 e. The topological polar surface area (TPSA) is 35.2 Å². The molecular weight excluding hydrogens is 138 g/mol. The lowest BCUT2D eigenvalue weighted by Gasteiger charge is -2.26. The Morgan fingerprint density at radius 2 is 2.09 bits per heavy atom. The third kappa shape index (κ3) is 3.42. The summed E-state index contributed by atoms with van der Waals surface area (Å²) in [7, 11) is 0. The molecule has 0 spiro atoms. The second-order valence-corrected chi connectivity index (χ2v) is 3.48. The van der Waals surface area contributed by atoms with Gasteiger partial charge in [-0.3, -0.25) is 5.73 Å². The standard InChI is InChI=1S/C9H19NO/c1-6-9(4,5)7(2)11-8(3)10/h8H,2,6,10H2,1,3-5H3. The van der Waals surface area contributed by atoms with Crippen molar-refractivity contribution in [2.75, 3.05) is 0 Å². The van der Waals surface area contributed by atoms with Crippen LogP contribution in [-0.2, 0) is 4.74 Å². The molecule has 2 nitrogen and oxygen atoms in total. The lowest BCUT2D eigenvalue weighted by atomic mass is 9.88. The number of nitrogens with two attached hydrogens (primary N) is 1. The summed E-state index contributed by atoms with van der Waals surface area (Å²) >= 11 is 0. The number of ether oxygens (including phenoxy) is 1. The van der Waals surface area contributed by atoms with Gasteiger partial charge in [-0.05, 0) is 13.3 Å². The molecule has 0 rings (SSSR count). The second kappa shape index (κ2) is 3.77. The van der Waals surface area contributed by atoms with E-state index in [-0.39, 0.29) is 11.6 Å². The predicted octanol–water partition coefficient (Wildman–Crippen LogP) is 2.26. The van der Waals surface area contributed by atoms with Crippen molar-refractivity contribution in [3.05, 3.63) is 12.3 Å². The molecule has 0 heterocycles. The van der Waals surface area contributed by atoms with E-state index in [1.165, 1.54) is 0 Å². The highest BCUT2D eigenvalue weighted by atomic mass is 16.5. The van der Waals surface area contributed by atoms with Gasteiger partial charge in [-0.1, -0.05) is 27.4 Å². The fourth-order valence-corrected chi connectivity index (χ4v) is 0.581. The quantitative estimate of drug-likeness (QED) is 0.502. The van der Waals surface area contributed by atoms with Crippen molar-refractivity contribution >= 4 is 0 Å². The molecule has 11 heavy (non-hydrogen) atoms. The molecule has 0 radical (unpaired) electrons. The van der Waals surface area contributed by atoms with Gasteiger partial charge in [-0.15, -0.1) is 0 Å². The van der Waals surface area contributed by atoms with E-state index in [4.69, 9.17) is 10.5 Å². The van der Waals surface area contributed by atoms with Gasteiger partial charge in [0.2, 0.25) is 0 Å². The van der Waals surface area contributed by atoms with E-state index in [1.807, 2.05) is 0 Å². The minimum Gasteiger partial charge on any atom is -0.480 e. The lowest BCUT2D eigenvalue weighted by Crippen LogP contribution is -2.24. The summed E-state index contributed by atoms with van der Waals surface area (Å²) in [6.07, 6.45) is 0.756. The van der Waals surface area contributed by atoms with Crippen LogP contribution >= 0.6 is 0 Å². The third-order valence-electron chi connectivity index (χ3n) is 1.97. The molecule has 1 unspecified atom stereocenters. The molecule has 0 aliphatic carbocycles. The molecule has 0 aliphatic heterocycles. The van der Waals surface area contributed by atoms with E-state index in [9.17, 15) is 0 Å². The average Bonchev–Trinajstić information content (AvgIpc) is 1.86. The largest absolute Gasteiger partial charge is 0.480 e. The van der Waals surface area contributed by atoms with Crippen molar-refractivity contribution in [2.45, 2.75) is 40.3 Å². The molecule has 0 aromatic rings. The van der Waals surface area contributed by atoms with E-state index in [0.29, 0.717) is 0 Å². The Bertz CT molecular complexity index is 138. The Morgan fingerprint density at radius 1 is 1.64 bits per heavy atom. The fourth-order valence-electron chi connectivity index (χ4n) is 0.581. The molecule has 0 fully saturated rings. The van der Waals surface area contributed by atoms with Crippen LogP contribution in [0.25, 0.3) is 0 Å². The van der Waals surface area contributed by atoms with Gasteiger partial charge in [0.05, 0.1) is 5.76 Å². The van der Waals surface area contributed by atoms with Crippen LogP contribution in [0.2, 0.25) is 0 Å². The van der Waals surface area contributed by atoms with Gasteiger partial charge in [0.15, 0.2) is 0 Å². The maximum Gasteiger partial charge on any atom is 0.144 e. The van der Waals surface area contributed by atoms with E-state index in [0.717, 1.165) is 12.2 Å². The summed E-state index contributed by atoms with van der Waals surface area (Å²) in [5.41, 5.74) is 5.50. The van der Waals surface area contributed by atoms with Crippen molar-refractivity contribution in [1.82, 2.24) is 0 Å². The van der Waals surface area contributed by atoms with Crippen LogP contribution in [0.5, 0.6) is 0 Å². The highest BCUT2D eigenvalue weighted by molar-refractivity contribution is 4.98. The summed E-state index contributed by atoms with van der Waals surface area (Å²) in [5, 5.41) is 0. The van der Waals surface area contributed by atoms with E-state index < -0.39 is 0 Å². The highest BCUT2D eigenvalue weighted by Gasteiger charge is 2.21. The number of hydrogen-bond acceptors (Lipinski definition) is 2.